The molecule has 2 nitrogen and oxygen atoms in total. The number of anilines is 6. The zero-order valence-corrected chi connectivity index (χ0v) is 32.5. The number of rotatable bonds is 7. The van der Waals surface area contributed by atoms with Crippen LogP contribution in [0.15, 0.2) is 200 Å². The van der Waals surface area contributed by atoms with Crippen LogP contribution in [0.3, 0.4) is 0 Å². The third-order valence-corrected chi connectivity index (χ3v) is 14.0. The van der Waals surface area contributed by atoms with Gasteiger partial charge in [0.05, 0.1) is 11.4 Å². The molecule has 1 fully saturated rings. The normalized spacial score (nSPS) is 20.4. The fourth-order valence-electron chi connectivity index (χ4n) is 12.0. The topological polar surface area (TPSA) is 6.48 Å². The maximum atomic E-state index is 2.60. The molecule has 0 amide bonds. The van der Waals surface area contributed by atoms with Crippen molar-refractivity contribution < 1.29 is 0 Å². The van der Waals surface area contributed by atoms with Crippen LogP contribution < -0.4 is 9.80 Å². The summed E-state index contributed by atoms with van der Waals surface area (Å²) < 4.78 is 0. The predicted octanol–water partition coefficient (Wildman–Crippen LogP) is 14.2. The van der Waals surface area contributed by atoms with Gasteiger partial charge in [-0.05, 0) is 148 Å². The van der Waals surface area contributed by atoms with Crippen molar-refractivity contribution in [3.8, 4) is 11.1 Å². The summed E-state index contributed by atoms with van der Waals surface area (Å²) in [5, 5.41) is 0. The molecule has 278 valence electrons. The van der Waals surface area contributed by atoms with Crippen molar-refractivity contribution in [2.45, 2.75) is 37.0 Å². The van der Waals surface area contributed by atoms with Crippen LogP contribution in [0.25, 0.3) is 11.1 Å². The molecule has 4 aliphatic rings. The second-order valence-electron chi connectivity index (χ2n) is 16.8. The van der Waals surface area contributed by atoms with Gasteiger partial charge in [0, 0.05) is 34.1 Å². The minimum absolute atomic E-state index is 0.105. The van der Waals surface area contributed by atoms with Gasteiger partial charge in [-0.25, -0.2) is 0 Å². The van der Waals surface area contributed by atoms with Crippen LogP contribution in [0.4, 0.5) is 34.1 Å². The summed E-state index contributed by atoms with van der Waals surface area (Å²) in [6.07, 6.45) is 4.74. The molecule has 0 aromatic heterocycles. The monoisotopic (exact) mass is 744 g/mol. The third kappa shape index (κ3) is 4.84. The average molecular weight is 745 g/mol. The molecule has 2 heteroatoms. The van der Waals surface area contributed by atoms with Gasteiger partial charge in [-0.1, -0.05) is 140 Å². The highest BCUT2D eigenvalue weighted by Gasteiger charge is 2.62. The molecule has 4 aliphatic carbocycles. The van der Waals surface area contributed by atoms with Crippen LogP contribution >= 0.6 is 0 Å². The van der Waals surface area contributed by atoms with Crippen molar-refractivity contribution in [3.63, 3.8) is 0 Å². The molecule has 0 N–H and O–H groups in total. The Kier molecular flexibility index (Phi) is 7.63. The van der Waals surface area contributed by atoms with E-state index in [2.05, 4.69) is 210 Å². The lowest BCUT2D eigenvalue weighted by atomic mass is 9.68. The number of hydrogen-bond donors (Lipinski definition) is 0. The smallest absolute Gasteiger partial charge is 0.0505 e. The molecule has 1 spiro atoms. The maximum Gasteiger partial charge on any atom is 0.0505 e. The Morgan fingerprint density at radius 1 is 0.379 bits per heavy atom. The van der Waals surface area contributed by atoms with Crippen LogP contribution in [-0.4, -0.2) is 0 Å². The van der Waals surface area contributed by atoms with E-state index in [9.17, 15) is 0 Å². The van der Waals surface area contributed by atoms with E-state index in [-0.39, 0.29) is 11.3 Å². The fraction of sp³-hybridized carbons (Fsp3) is 0.143. The quantitative estimate of drug-likeness (QED) is 0.160. The first-order valence-electron chi connectivity index (χ1n) is 21.1. The lowest BCUT2D eigenvalue weighted by molar-refractivity contribution is 0.350. The number of para-hydroxylation sites is 3. The van der Waals surface area contributed by atoms with Crippen molar-refractivity contribution in [2.24, 2.45) is 11.8 Å². The van der Waals surface area contributed by atoms with Gasteiger partial charge in [0.1, 0.15) is 0 Å². The van der Waals surface area contributed by atoms with E-state index < -0.39 is 0 Å². The second kappa shape index (κ2) is 13.2. The Bertz CT molecular complexity index is 2770. The first kappa shape index (κ1) is 33.5. The molecule has 0 saturated heterocycles. The Morgan fingerprint density at radius 2 is 0.845 bits per heavy atom. The van der Waals surface area contributed by atoms with E-state index in [1.165, 1.54) is 85.9 Å². The van der Waals surface area contributed by atoms with Crippen LogP contribution in [-0.2, 0) is 18.3 Å². The van der Waals surface area contributed by atoms with E-state index in [4.69, 9.17) is 0 Å². The van der Waals surface area contributed by atoms with Gasteiger partial charge < -0.3 is 9.80 Å². The van der Waals surface area contributed by atoms with Gasteiger partial charge >= 0.3 is 0 Å². The molecular formula is C56H44N2. The molecule has 0 bridgehead atoms. The zero-order valence-electron chi connectivity index (χ0n) is 32.5. The Morgan fingerprint density at radius 3 is 1.40 bits per heavy atom. The number of nitrogens with zero attached hydrogens (tertiary/aromatic N) is 2. The summed E-state index contributed by atoms with van der Waals surface area (Å²) in [6, 6.07) is 74.9. The minimum atomic E-state index is -0.105. The highest BCUT2D eigenvalue weighted by molar-refractivity contribution is 5.89. The molecular weight excluding hydrogens is 701 g/mol. The Labute approximate surface area is 341 Å². The molecule has 4 atom stereocenters. The molecule has 8 aromatic carbocycles. The number of fused-ring (bicyclic) bond motifs is 5. The highest BCUT2D eigenvalue weighted by Crippen LogP contribution is 2.69. The minimum Gasteiger partial charge on any atom is -0.310 e. The lowest BCUT2D eigenvalue weighted by Gasteiger charge is -2.40. The molecule has 4 unspecified atom stereocenters. The van der Waals surface area contributed by atoms with Gasteiger partial charge in [-0.2, -0.15) is 0 Å². The van der Waals surface area contributed by atoms with Crippen LogP contribution in [0.1, 0.15) is 57.7 Å². The number of benzene rings is 8. The van der Waals surface area contributed by atoms with Crippen molar-refractivity contribution in [1.82, 2.24) is 0 Å². The average Bonchev–Trinajstić information content (AvgIpc) is 4.01. The van der Waals surface area contributed by atoms with Crippen LogP contribution in [0.5, 0.6) is 0 Å². The molecule has 0 radical (unpaired) electrons. The van der Waals surface area contributed by atoms with Gasteiger partial charge in [0.25, 0.3) is 0 Å². The largest absolute Gasteiger partial charge is 0.310 e. The van der Waals surface area contributed by atoms with Crippen molar-refractivity contribution in [2.75, 3.05) is 9.80 Å². The first-order chi connectivity index (χ1) is 28.8. The Balaban J connectivity index is 1.09. The van der Waals surface area contributed by atoms with Gasteiger partial charge in [0.2, 0.25) is 0 Å². The Hall–Kier alpha value is -6.64. The van der Waals surface area contributed by atoms with E-state index in [0.29, 0.717) is 11.8 Å². The van der Waals surface area contributed by atoms with Gasteiger partial charge in [-0.15, -0.1) is 0 Å². The standard InChI is InChI=1S/C56H44N2/c1-5-17-38(18-6-1)53-49-28-14-13-27-47(49)48-34-33-46(37-50(48)53)58(45-25-11-4-12-26-45)52-30-16-20-40-36-42-32-31-41-35-39-19-15-29-51(54(39)56(41,42)55(40)52)57(43-21-7-2-8-22-43)44-23-9-3-10-24-44/h1-30,33-34,37,41-42,53H,31-32,35-36H2. The first-order valence-corrected chi connectivity index (χ1v) is 21.1. The summed E-state index contributed by atoms with van der Waals surface area (Å²) in [7, 11) is 0. The molecule has 8 aromatic rings. The van der Waals surface area contributed by atoms with E-state index >= 15 is 0 Å². The van der Waals surface area contributed by atoms with Gasteiger partial charge in [-0.3, -0.25) is 0 Å². The summed E-state index contributed by atoms with van der Waals surface area (Å²) in [4.78, 5) is 5.13. The predicted molar refractivity (Wildman–Crippen MR) is 239 cm³/mol. The lowest BCUT2D eigenvalue weighted by Crippen LogP contribution is -2.34. The van der Waals surface area contributed by atoms with E-state index in [1.54, 1.807) is 11.1 Å². The third-order valence-electron chi connectivity index (χ3n) is 14.0. The van der Waals surface area contributed by atoms with Crippen LogP contribution in [0.2, 0.25) is 0 Å². The summed E-state index contributed by atoms with van der Waals surface area (Å²) >= 11 is 0. The summed E-state index contributed by atoms with van der Waals surface area (Å²) in [5.41, 5.74) is 20.2. The SMILES string of the molecule is c1ccc(C2c3ccccc3-c3ccc(N(c4ccccc4)c4cccc5c4C46c7c(cccc7N(c7ccccc7)c7ccccc7)CC4CCC6C5)cc32)cc1. The summed E-state index contributed by atoms with van der Waals surface area (Å²) in [5.74, 6) is 1.26. The van der Waals surface area contributed by atoms with Crippen LogP contribution in [0, 0.1) is 11.8 Å². The second-order valence-corrected chi connectivity index (χ2v) is 16.8. The molecule has 1 saturated carbocycles. The molecule has 0 aliphatic heterocycles. The van der Waals surface area contributed by atoms with Crippen molar-refractivity contribution in [3.05, 3.63) is 239 Å². The molecule has 58 heavy (non-hydrogen) atoms. The fourth-order valence-corrected chi connectivity index (χ4v) is 12.0. The van der Waals surface area contributed by atoms with E-state index in [1.807, 2.05) is 0 Å². The highest BCUT2D eigenvalue weighted by atomic mass is 15.2. The van der Waals surface area contributed by atoms with Crippen molar-refractivity contribution >= 4 is 34.1 Å². The van der Waals surface area contributed by atoms with Gasteiger partial charge in [0.15, 0.2) is 0 Å². The van der Waals surface area contributed by atoms with Crippen molar-refractivity contribution in [1.29, 1.82) is 0 Å². The maximum absolute atomic E-state index is 2.60. The molecule has 12 rings (SSSR count). The molecule has 0 heterocycles. The zero-order chi connectivity index (χ0) is 38.2. The number of hydrogen-bond acceptors (Lipinski definition) is 2. The van der Waals surface area contributed by atoms with E-state index in [0.717, 1.165) is 12.8 Å². The summed E-state index contributed by atoms with van der Waals surface area (Å²) in [6.45, 7) is 0.